The van der Waals surface area contributed by atoms with Gasteiger partial charge in [-0.05, 0) is 49.9 Å². The van der Waals surface area contributed by atoms with Gasteiger partial charge in [-0.3, -0.25) is 9.98 Å². The van der Waals surface area contributed by atoms with Crippen LogP contribution in [0.3, 0.4) is 0 Å². The summed E-state index contributed by atoms with van der Waals surface area (Å²) in [6.45, 7) is 1.44. The van der Waals surface area contributed by atoms with Crippen molar-refractivity contribution >= 4 is 34.0 Å². The van der Waals surface area contributed by atoms with Gasteiger partial charge in [-0.1, -0.05) is 147 Å². The maximum absolute atomic E-state index is 4.54. The molecule has 6 aromatic rings. The average molecular weight is 507 g/mol. The molecule has 0 atom stereocenters. The van der Waals surface area contributed by atoms with Gasteiger partial charge in [0, 0.05) is 12.4 Å². The topological polar surface area (TPSA) is 24.7 Å². The van der Waals surface area contributed by atoms with E-state index in [4.69, 9.17) is 0 Å². The molecule has 0 saturated carbocycles. The molecule has 0 fully saturated rings. The van der Waals surface area contributed by atoms with E-state index in [9.17, 15) is 0 Å². The van der Waals surface area contributed by atoms with Crippen molar-refractivity contribution in [3.8, 4) is 0 Å². The van der Waals surface area contributed by atoms with Crippen LogP contribution < -0.4 is 0 Å². The summed E-state index contributed by atoms with van der Waals surface area (Å²) in [6.07, 6.45) is 3.86. The van der Waals surface area contributed by atoms with Crippen LogP contribution in [0.15, 0.2) is 156 Å². The van der Waals surface area contributed by atoms with Gasteiger partial charge in [0.25, 0.3) is 0 Å². The minimum absolute atomic E-state index is 0. The van der Waals surface area contributed by atoms with Crippen LogP contribution in [0.1, 0.15) is 29.7 Å². The largest absolute Gasteiger partial charge is 0.288 e. The zero-order chi connectivity index (χ0) is 25.8. The summed E-state index contributed by atoms with van der Waals surface area (Å²) in [5.41, 5.74) is 4.79. The number of benzene rings is 6. The Morgan fingerprint density at radius 1 is 0.436 bits per heavy atom. The van der Waals surface area contributed by atoms with Crippen molar-refractivity contribution in [2.24, 2.45) is 9.98 Å². The van der Waals surface area contributed by atoms with Crippen molar-refractivity contribution in [1.82, 2.24) is 0 Å². The third kappa shape index (κ3) is 7.83. The van der Waals surface area contributed by atoms with Gasteiger partial charge in [0.1, 0.15) is 0 Å². The summed E-state index contributed by atoms with van der Waals surface area (Å²) in [6, 6.07) is 50.1. The third-order valence-electron chi connectivity index (χ3n) is 6.31. The molecule has 0 saturated heterocycles. The van der Waals surface area contributed by atoms with Crippen molar-refractivity contribution in [1.29, 1.82) is 0 Å². The number of hydrogen-bond donors (Lipinski definition) is 0. The van der Waals surface area contributed by atoms with Gasteiger partial charge in [0.2, 0.25) is 0 Å². The highest BCUT2D eigenvalue weighted by atomic mass is 14.7. The highest BCUT2D eigenvalue weighted by Gasteiger charge is 1.98. The lowest BCUT2D eigenvalue weighted by molar-refractivity contribution is 1.08. The molecule has 0 aliphatic heterocycles. The van der Waals surface area contributed by atoms with Crippen LogP contribution in [0.5, 0.6) is 0 Å². The summed E-state index contributed by atoms with van der Waals surface area (Å²) < 4.78 is 0. The highest BCUT2D eigenvalue weighted by molar-refractivity contribution is 5.86. The Labute approximate surface area is 232 Å². The van der Waals surface area contributed by atoms with Crippen molar-refractivity contribution in [3.63, 3.8) is 0 Å². The molecule has 0 N–H and O–H groups in total. The molecule has 6 rings (SSSR count). The molecular formula is C37H34N2. The Morgan fingerprint density at radius 3 is 1.67 bits per heavy atom. The molecule has 0 amide bonds. The predicted molar refractivity (Wildman–Crippen MR) is 170 cm³/mol. The summed E-state index contributed by atoms with van der Waals surface area (Å²) in [5.74, 6) is 0. The quantitative estimate of drug-likeness (QED) is 0.201. The second-order valence-corrected chi connectivity index (χ2v) is 9.08. The van der Waals surface area contributed by atoms with Gasteiger partial charge in [0.15, 0.2) is 0 Å². The Balaban J connectivity index is 0.000000176. The molecule has 0 radical (unpaired) electrons. The fourth-order valence-corrected chi connectivity index (χ4v) is 4.35. The second-order valence-electron chi connectivity index (χ2n) is 9.08. The minimum Gasteiger partial charge on any atom is -0.288 e. The molecule has 0 bridgehead atoms. The first-order chi connectivity index (χ1) is 18.8. The number of aliphatic imine (C=N–C) groups is 2. The minimum atomic E-state index is 0. The summed E-state index contributed by atoms with van der Waals surface area (Å²) in [7, 11) is 0. The van der Waals surface area contributed by atoms with E-state index in [-0.39, 0.29) is 7.43 Å². The second kappa shape index (κ2) is 14.2. The van der Waals surface area contributed by atoms with E-state index >= 15 is 0 Å². The lowest BCUT2D eigenvalue weighted by atomic mass is 10.0. The molecule has 2 heteroatoms. The molecule has 0 aliphatic carbocycles. The van der Waals surface area contributed by atoms with Crippen LogP contribution in [-0.2, 0) is 13.1 Å². The van der Waals surface area contributed by atoms with Crippen LogP contribution in [-0.4, -0.2) is 12.4 Å². The van der Waals surface area contributed by atoms with Crippen molar-refractivity contribution in [2.45, 2.75) is 20.5 Å². The van der Waals surface area contributed by atoms with E-state index in [1.165, 1.54) is 32.7 Å². The van der Waals surface area contributed by atoms with E-state index in [0.717, 1.165) is 24.2 Å². The number of fused-ring (bicyclic) bond motifs is 2. The van der Waals surface area contributed by atoms with E-state index in [2.05, 4.69) is 119 Å². The Morgan fingerprint density at radius 2 is 0.974 bits per heavy atom. The number of hydrogen-bond acceptors (Lipinski definition) is 2. The van der Waals surface area contributed by atoms with Crippen LogP contribution >= 0.6 is 0 Å². The molecule has 39 heavy (non-hydrogen) atoms. The number of nitrogens with zero attached hydrogens (tertiary/aromatic N) is 2. The molecule has 0 aliphatic rings. The van der Waals surface area contributed by atoms with Crippen LogP contribution in [0.25, 0.3) is 21.5 Å². The molecule has 6 aromatic carbocycles. The highest BCUT2D eigenvalue weighted by Crippen LogP contribution is 2.19. The predicted octanol–water partition coefficient (Wildman–Crippen LogP) is 9.55. The van der Waals surface area contributed by atoms with Crippen LogP contribution in [0.2, 0.25) is 0 Å². The molecule has 0 spiro atoms. The maximum atomic E-state index is 4.54. The van der Waals surface area contributed by atoms with E-state index in [1.54, 1.807) is 0 Å². The van der Waals surface area contributed by atoms with Crippen LogP contribution in [0, 0.1) is 0 Å². The standard InChI is InChI=1S/2C18H15N.CH4/c1-2-7-15(8-3-1)13-19-14-17-11-6-10-16-9-4-5-12-18(16)17;1-2-6-15(7-3-1)13-19-14-16-10-11-17-8-4-5-9-18(17)12-16;/h2*1-13H,14H2;1H4. The monoisotopic (exact) mass is 506 g/mol. The molecule has 192 valence electrons. The zero-order valence-corrected chi connectivity index (χ0v) is 21.3. The Hall–Kier alpha value is -4.82. The van der Waals surface area contributed by atoms with Crippen molar-refractivity contribution in [2.75, 3.05) is 0 Å². The van der Waals surface area contributed by atoms with Gasteiger partial charge in [-0.2, -0.15) is 0 Å². The lowest BCUT2D eigenvalue weighted by Gasteiger charge is -2.03. The fraction of sp³-hybridized carbons (Fsp3) is 0.0811. The van der Waals surface area contributed by atoms with Crippen molar-refractivity contribution < 1.29 is 0 Å². The van der Waals surface area contributed by atoms with Crippen molar-refractivity contribution in [3.05, 3.63) is 168 Å². The normalized spacial score (nSPS) is 10.9. The lowest BCUT2D eigenvalue weighted by Crippen LogP contribution is -1.86. The molecule has 0 unspecified atom stereocenters. The fourth-order valence-electron chi connectivity index (χ4n) is 4.35. The van der Waals surface area contributed by atoms with Gasteiger partial charge >= 0.3 is 0 Å². The summed E-state index contributed by atoms with van der Waals surface area (Å²) in [4.78, 5) is 9.03. The third-order valence-corrected chi connectivity index (χ3v) is 6.31. The van der Waals surface area contributed by atoms with Gasteiger partial charge in [0.05, 0.1) is 13.1 Å². The molecular weight excluding hydrogens is 472 g/mol. The van der Waals surface area contributed by atoms with Gasteiger partial charge in [-0.15, -0.1) is 0 Å². The zero-order valence-electron chi connectivity index (χ0n) is 21.3. The summed E-state index contributed by atoms with van der Waals surface area (Å²) >= 11 is 0. The molecule has 0 heterocycles. The Kier molecular flexibility index (Phi) is 9.92. The van der Waals surface area contributed by atoms with E-state index < -0.39 is 0 Å². The van der Waals surface area contributed by atoms with Crippen LogP contribution in [0.4, 0.5) is 0 Å². The molecule has 0 aromatic heterocycles. The van der Waals surface area contributed by atoms with Gasteiger partial charge < -0.3 is 0 Å². The summed E-state index contributed by atoms with van der Waals surface area (Å²) in [5, 5.41) is 5.11. The first-order valence-corrected chi connectivity index (χ1v) is 12.9. The SMILES string of the molecule is C.C(=NCc1ccc2ccccc2c1)c1ccccc1.C(=NCc1cccc2ccccc12)c1ccccc1. The molecule has 2 nitrogen and oxygen atoms in total. The van der Waals surface area contributed by atoms with E-state index in [1.807, 2.05) is 48.8 Å². The maximum Gasteiger partial charge on any atom is 0.0645 e. The smallest absolute Gasteiger partial charge is 0.0645 e. The average Bonchev–Trinajstić information content (AvgIpc) is 2.99. The number of rotatable bonds is 6. The van der Waals surface area contributed by atoms with Gasteiger partial charge in [-0.25, -0.2) is 0 Å². The first-order valence-electron chi connectivity index (χ1n) is 12.9. The van der Waals surface area contributed by atoms with E-state index in [0.29, 0.717) is 0 Å². The first kappa shape index (κ1) is 27.2. The Bertz CT molecular complexity index is 1640.